The van der Waals surface area contributed by atoms with Crippen molar-refractivity contribution in [1.29, 1.82) is 0 Å². The highest BCUT2D eigenvalue weighted by Crippen LogP contribution is 2.29. The summed E-state index contributed by atoms with van der Waals surface area (Å²) in [6.07, 6.45) is 1.83. The number of methoxy groups -OCH3 is 2. The molecule has 14 heavy (non-hydrogen) atoms. The third-order valence-corrected chi connectivity index (χ3v) is 2.16. The molecule has 0 unspecified atom stereocenters. The smallest absolute Gasteiger partial charge is 0.125 e. The van der Waals surface area contributed by atoms with Gasteiger partial charge in [0.25, 0.3) is 0 Å². The van der Waals surface area contributed by atoms with Gasteiger partial charge >= 0.3 is 0 Å². The zero-order valence-electron chi connectivity index (χ0n) is 8.75. The molecule has 0 amide bonds. The Balaban J connectivity index is 2.93. The van der Waals surface area contributed by atoms with Crippen LogP contribution in [0.1, 0.15) is 12.0 Å². The van der Waals surface area contributed by atoms with Gasteiger partial charge in [-0.25, -0.2) is 0 Å². The predicted octanol–water partition coefficient (Wildman–Crippen LogP) is 1.60. The van der Waals surface area contributed by atoms with Crippen LogP contribution in [0.3, 0.4) is 0 Å². The van der Waals surface area contributed by atoms with Gasteiger partial charge in [0.15, 0.2) is 0 Å². The first-order valence-electron chi connectivity index (χ1n) is 4.73. The Labute approximate surface area is 84.8 Å². The minimum absolute atomic E-state index is 0.682. The van der Waals surface area contributed by atoms with E-state index < -0.39 is 0 Å². The predicted molar refractivity (Wildman–Crippen MR) is 56.9 cm³/mol. The van der Waals surface area contributed by atoms with Crippen LogP contribution in [0, 0.1) is 0 Å². The fraction of sp³-hybridized carbons (Fsp3) is 0.455. The average Bonchev–Trinajstić information content (AvgIpc) is 2.25. The van der Waals surface area contributed by atoms with Crippen LogP contribution in [0.25, 0.3) is 0 Å². The first-order chi connectivity index (χ1) is 6.83. The molecule has 0 aromatic heterocycles. The van der Waals surface area contributed by atoms with Crippen LogP contribution < -0.4 is 15.2 Å². The van der Waals surface area contributed by atoms with Gasteiger partial charge < -0.3 is 15.2 Å². The van der Waals surface area contributed by atoms with E-state index in [9.17, 15) is 0 Å². The fourth-order valence-corrected chi connectivity index (χ4v) is 1.45. The second-order valence-corrected chi connectivity index (χ2v) is 3.03. The molecule has 0 bridgehead atoms. The average molecular weight is 195 g/mol. The van der Waals surface area contributed by atoms with Gasteiger partial charge in [-0.1, -0.05) is 6.07 Å². The van der Waals surface area contributed by atoms with Crippen molar-refractivity contribution >= 4 is 0 Å². The molecule has 0 spiro atoms. The number of ether oxygens (including phenoxy) is 2. The third-order valence-electron chi connectivity index (χ3n) is 2.16. The van der Waals surface area contributed by atoms with Crippen LogP contribution in [-0.2, 0) is 6.42 Å². The molecule has 0 heterocycles. The highest BCUT2D eigenvalue weighted by molar-refractivity contribution is 5.44. The van der Waals surface area contributed by atoms with E-state index in [1.54, 1.807) is 14.2 Å². The Kier molecular flexibility index (Phi) is 4.26. The Morgan fingerprint density at radius 2 is 1.71 bits per heavy atom. The molecule has 3 nitrogen and oxygen atoms in total. The van der Waals surface area contributed by atoms with Crippen LogP contribution in [0.5, 0.6) is 11.5 Å². The molecule has 0 aliphatic carbocycles. The maximum Gasteiger partial charge on any atom is 0.125 e. The Morgan fingerprint density at radius 3 is 2.14 bits per heavy atom. The third kappa shape index (κ3) is 2.39. The minimum atomic E-state index is 0.682. The van der Waals surface area contributed by atoms with Crippen LogP contribution in [0.15, 0.2) is 18.2 Å². The van der Waals surface area contributed by atoms with Crippen LogP contribution in [0.4, 0.5) is 0 Å². The summed E-state index contributed by atoms with van der Waals surface area (Å²) in [5.74, 6) is 1.75. The van der Waals surface area contributed by atoms with Crippen molar-refractivity contribution in [2.75, 3.05) is 20.8 Å². The lowest BCUT2D eigenvalue weighted by Crippen LogP contribution is -2.03. The second kappa shape index (κ2) is 5.50. The molecule has 2 N–H and O–H groups in total. The zero-order chi connectivity index (χ0) is 10.4. The summed E-state index contributed by atoms with van der Waals surface area (Å²) in [6.45, 7) is 0.682. The maximum atomic E-state index is 5.48. The van der Waals surface area contributed by atoms with E-state index in [0.717, 1.165) is 29.9 Å². The van der Waals surface area contributed by atoms with Crippen molar-refractivity contribution < 1.29 is 9.47 Å². The highest BCUT2D eigenvalue weighted by Gasteiger charge is 2.08. The zero-order valence-corrected chi connectivity index (χ0v) is 8.75. The molecule has 0 saturated carbocycles. The van der Waals surface area contributed by atoms with Gasteiger partial charge in [0.2, 0.25) is 0 Å². The molecule has 1 rings (SSSR count). The van der Waals surface area contributed by atoms with E-state index >= 15 is 0 Å². The van der Waals surface area contributed by atoms with Gasteiger partial charge in [-0.3, -0.25) is 0 Å². The van der Waals surface area contributed by atoms with Crippen molar-refractivity contribution in [3.8, 4) is 11.5 Å². The van der Waals surface area contributed by atoms with Gasteiger partial charge in [-0.15, -0.1) is 0 Å². The van der Waals surface area contributed by atoms with E-state index in [0.29, 0.717) is 6.54 Å². The molecule has 0 aliphatic heterocycles. The molecule has 0 fully saturated rings. The number of nitrogens with two attached hydrogens (primary N) is 1. The summed E-state index contributed by atoms with van der Waals surface area (Å²) in [6, 6.07) is 5.80. The first-order valence-corrected chi connectivity index (χ1v) is 4.73. The standard InChI is InChI=1S/C11H17NO2/c1-13-10-6-3-7-11(14-2)9(10)5-4-8-12/h3,6-7H,4-5,8,12H2,1-2H3. The molecule has 0 atom stereocenters. The van der Waals surface area contributed by atoms with E-state index in [2.05, 4.69) is 0 Å². The molecule has 3 heteroatoms. The Morgan fingerprint density at radius 1 is 1.14 bits per heavy atom. The molecule has 1 aromatic rings. The summed E-state index contributed by atoms with van der Waals surface area (Å²) < 4.78 is 10.5. The molecule has 0 aliphatic rings. The van der Waals surface area contributed by atoms with Gasteiger partial charge in [0.1, 0.15) is 11.5 Å². The summed E-state index contributed by atoms with van der Waals surface area (Å²) in [4.78, 5) is 0. The summed E-state index contributed by atoms with van der Waals surface area (Å²) in [7, 11) is 3.33. The second-order valence-electron chi connectivity index (χ2n) is 3.03. The van der Waals surface area contributed by atoms with Crippen molar-refractivity contribution in [3.63, 3.8) is 0 Å². The molecule has 78 valence electrons. The van der Waals surface area contributed by atoms with Gasteiger partial charge in [0.05, 0.1) is 14.2 Å². The Hall–Kier alpha value is -1.22. The van der Waals surface area contributed by atoms with Crippen molar-refractivity contribution in [3.05, 3.63) is 23.8 Å². The minimum Gasteiger partial charge on any atom is -0.496 e. The summed E-state index contributed by atoms with van der Waals surface area (Å²) in [5, 5.41) is 0. The number of rotatable bonds is 5. The van der Waals surface area contributed by atoms with Crippen LogP contribution >= 0.6 is 0 Å². The van der Waals surface area contributed by atoms with Gasteiger partial charge in [0, 0.05) is 5.56 Å². The number of hydrogen-bond donors (Lipinski definition) is 1. The largest absolute Gasteiger partial charge is 0.496 e. The van der Waals surface area contributed by atoms with Crippen molar-refractivity contribution in [1.82, 2.24) is 0 Å². The molecule has 1 aromatic carbocycles. The first kappa shape index (κ1) is 10.9. The quantitative estimate of drug-likeness (QED) is 0.776. The molecular weight excluding hydrogens is 178 g/mol. The topological polar surface area (TPSA) is 44.5 Å². The summed E-state index contributed by atoms with van der Waals surface area (Å²) in [5.41, 5.74) is 6.58. The summed E-state index contributed by atoms with van der Waals surface area (Å²) >= 11 is 0. The van der Waals surface area contributed by atoms with Crippen molar-refractivity contribution in [2.45, 2.75) is 12.8 Å². The van der Waals surface area contributed by atoms with Gasteiger partial charge in [-0.05, 0) is 31.5 Å². The lowest BCUT2D eigenvalue weighted by atomic mass is 10.1. The molecule has 0 saturated heterocycles. The van der Waals surface area contributed by atoms with Gasteiger partial charge in [-0.2, -0.15) is 0 Å². The Bertz CT molecular complexity index is 264. The molecule has 0 radical (unpaired) electrons. The van der Waals surface area contributed by atoms with Crippen molar-refractivity contribution in [2.24, 2.45) is 5.73 Å². The van der Waals surface area contributed by atoms with E-state index in [-0.39, 0.29) is 0 Å². The monoisotopic (exact) mass is 195 g/mol. The van der Waals surface area contributed by atoms with Crippen LogP contribution in [-0.4, -0.2) is 20.8 Å². The highest BCUT2D eigenvalue weighted by atomic mass is 16.5. The van der Waals surface area contributed by atoms with E-state index in [4.69, 9.17) is 15.2 Å². The van der Waals surface area contributed by atoms with E-state index in [1.807, 2.05) is 18.2 Å². The van der Waals surface area contributed by atoms with Crippen LogP contribution in [0.2, 0.25) is 0 Å². The lowest BCUT2D eigenvalue weighted by Gasteiger charge is -2.12. The molecular formula is C11H17NO2. The normalized spacial score (nSPS) is 9.93. The number of hydrogen-bond acceptors (Lipinski definition) is 3. The van der Waals surface area contributed by atoms with E-state index in [1.165, 1.54) is 0 Å². The SMILES string of the molecule is COc1cccc(OC)c1CCCN. The fourth-order valence-electron chi connectivity index (χ4n) is 1.45. The number of benzene rings is 1. The maximum absolute atomic E-state index is 5.48. The lowest BCUT2D eigenvalue weighted by molar-refractivity contribution is 0.384.